The summed E-state index contributed by atoms with van der Waals surface area (Å²) >= 11 is 19.0. The monoisotopic (exact) mass is 342 g/mol. The van der Waals surface area contributed by atoms with Gasteiger partial charge in [0.2, 0.25) is 0 Å². The Kier molecular flexibility index (Phi) is 4.49. The van der Waals surface area contributed by atoms with Crippen molar-refractivity contribution in [2.75, 3.05) is 0 Å². The molecule has 2 nitrogen and oxygen atoms in total. The average molecular weight is 344 g/mol. The van der Waals surface area contributed by atoms with E-state index in [1.165, 1.54) is 37.7 Å². The van der Waals surface area contributed by atoms with E-state index < -0.39 is 0 Å². The number of nitrogens with zero attached hydrogens (tertiary/aromatic N) is 2. The Balaban J connectivity index is 2.07. The summed E-state index contributed by atoms with van der Waals surface area (Å²) in [4.78, 5) is 0. The van der Waals surface area contributed by atoms with E-state index >= 15 is 0 Å². The van der Waals surface area contributed by atoms with Crippen LogP contribution in [-0.4, -0.2) is 9.78 Å². The zero-order chi connectivity index (χ0) is 15.0. The molecule has 1 aromatic heterocycles. The molecular weight excluding hydrogens is 327 g/mol. The number of rotatable bonds is 2. The van der Waals surface area contributed by atoms with Crippen LogP contribution in [0.15, 0.2) is 18.3 Å². The largest absolute Gasteiger partial charge is 0.274 e. The fourth-order valence-corrected chi connectivity index (χ4v) is 4.02. The summed E-state index contributed by atoms with van der Waals surface area (Å²) in [5, 5.41) is 6.37. The van der Waals surface area contributed by atoms with Crippen molar-refractivity contribution in [1.82, 2.24) is 9.78 Å². The predicted molar refractivity (Wildman–Crippen MR) is 89.5 cm³/mol. The Hall–Kier alpha value is -0.700. The fourth-order valence-electron chi connectivity index (χ4n) is 3.12. The van der Waals surface area contributed by atoms with Gasteiger partial charge in [-0.15, -0.1) is 0 Å². The van der Waals surface area contributed by atoms with Crippen LogP contribution in [0.25, 0.3) is 11.3 Å². The van der Waals surface area contributed by atoms with Crippen LogP contribution in [-0.2, 0) is 7.05 Å². The lowest BCUT2D eigenvalue weighted by molar-refractivity contribution is 0.444. The maximum atomic E-state index is 6.42. The highest BCUT2D eigenvalue weighted by Crippen LogP contribution is 2.41. The van der Waals surface area contributed by atoms with Crippen LogP contribution in [0.1, 0.15) is 43.6 Å². The lowest BCUT2D eigenvalue weighted by Gasteiger charge is -2.23. The number of halogens is 3. The summed E-state index contributed by atoms with van der Waals surface area (Å²) in [6.07, 6.45) is 8.02. The van der Waals surface area contributed by atoms with Crippen molar-refractivity contribution in [3.63, 3.8) is 0 Å². The summed E-state index contributed by atoms with van der Waals surface area (Å²) in [5.41, 5.74) is 2.77. The van der Waals surface area contributed by atoms with E-state index in [4.69, 9.17) is 34.8 Å². The molecule has 112 valence electrons. The molecule has 5 heteroatoms. The number of aromatic nitrogens is 2. The van der Waals surface area contributed by atoms with Gasteiger partial charge in [-0.05, 0) is 36.5 Å². The van der Waals surface area contributed by atoms with Crippen molar-refractivity contribution in [2.45, 2.75) is 38.0 Å². The highest BCUT2D eigenvalue weighted by atomic mass is 35.5. The van der Waals surface area contributed by atoms with E-state index in [9.17, 15) is 0 Å². The lowest BCUT2D eigenvalue weighted by atomic mass is 9.83. The predicted octanol–water partition coefficient (Wildman–Crippen LogP) is 6.10. The quantitative estimate of drug-likeness (QED) is 0.644. The molecule has 0 bridgehead atoms. The van der Waals surface area contributed by atoms with Crippen molar-refractivity contribution in [3.05, 3.63) is 39.0 Å². The molecule has 1 fully saturated rings. The highest BCUT2D eigenvalue weighted by Gasteiger charge is 2.21. The fraction of sp³-hybridized carbons (Fsp3) is 0.438. The lowest BCUT2D eigenvalue weighted by Crippen LogP contribution is -2.05. The summed E-state index contributed by atoms with van der Waals surface area (Å²) in [5.74, 6) is 0.518. The molecule has 0 aliphatic heterocycles. The van der Waals surface area contributed by atoms with Gasteiger partial charge in [0.25, 0.3) is 0 Å². The maximum Gasteiger partial charge on any atom is 0.112 e. The number of hydrogen-bond donors (Lipinski definition) is 0. The van der Waals surface area contributed by atoms with Crippen molar-refractivity contribution >= 4 is 34.8 Å². The van der Waals surface area contributed by atoms with Gasteiger partial charge in [0, 0.05) is 23.8 Å². The minimum absolute atomic E-state index is 0.518. The molecule has 1 heterocycles. The molecular formula is C16H17Cl3N2. The van der Waals surface area contributed by atoms with Gasteiger partial charge in [-0.1, -0.05) is 54.1 Å². The van der Waals surface area contributed by atoms with Gasteiger partial charge < -0.3 is 0 Å². The molecule has 1 aromatic carbocycles. The molecule has 3 rings (SSSR count). The first-order chi connectivity index (χ1) is 10.1. The third-order valence-corrected chi connectivity index (χ3v) is 5.09. The SMILES string of the molecule is Cn1cc(Cl)c(-c2cc(C3CCCCC3)c(Cl)cc2Cl)n1. The molecule has 0 unspecified atom stereocenters. The van der Waals surface area contributed by atoms with Gasteiger partial charge in [0.15, 0.2) is 0 Å². The van der Waals surface area contributed by atoms with Gasteiger partial charge >= 0.3 is 0 Å². The first kappa shape index (κ1) is 15.2. The molecule has 1 aliphatic rings. The van der Waals surface area contributed by atoms with Crippen molar-refractivity contribution in [3.8, 4) is 11.3 Å². The van der Waals surface area contributed by atoms with Crippen molar-refractivity contribution < 1.29 is 0 Å². The van der Waals surface area contributed by atoms with Crippen LogP contribution in [0.3, 0.4) is 0 Å². The van der Waals surface area contributed by atoms with Crippen LogP contribution < -0.4 is 0 Å². The van der Waals surface area contributed by atoms with Crippen LogP contribution in [0, 0.1) is 0 Å². The zero-order valence-electron chi connectivity index (χ0n) is 11.9. The minimum atomic E-state index is 0.518. The summed E-state index contributed by atoms with van der Waals surface area (Å²) in [6.45, 7) is 0. The van der Waals surface area contributed by atoms with E-state index in [1.54, 1.807) is 10.9 Å². The summed E-state index contributed by atoms with van der Waals surface area (Å²) in [7, 11) is 1.85. The second-order valence-electron chi connectivity index (χ2n) is 5.69. The Morgan fingerprint density at radius 1 is 1.00 bits per heavy atom. The standard InChI is InChI=1S/C16H17Cl3N2/c1-21-9-15(19)16(20-21)12-7-11(13(17)8-14(12)18)10-5-3-2-4-6-10/h7-10H,2-6H2,1H3. The van der Waals surface area contributed by atoms with Crippen LogP contribution >= 0.6 is 34.8 Å². The van der Waals surface area contributed by atoms with Crippen molar-refractivity contribution in [1.29, 1.82) is 0 Å². The Labute approximate surface area is 140 Å². The van der Waals surface area contributed by atoms with E-state index in [-0.39, 0.29) is 0 Å². The smallest absolute Gasteiger partial charge is 0.112 e. The van der Waals surface area contributed by atoms with Gasteiger partial charge in [0.05, 0.1) is 10.0 Å². The van der Waals surface area contributed by atoms with E-state index in [2.05, 4.69) is 11.2 Å². The van der Waals surface area contributed by atoms with Gasteiger partial charge in [-0.3, -0.25) is 4.68 Å². The normalized spacial score (nSPS) is 16.4. The highest BCUT2D eigenvalue weighted by molar-refractivity contribution is 6.38. The second-order valence-corrected chi connectivity index (χ2v) is 6.91. The zero-order valence-corrected chi connectivity index (χ0v) is 14.1. The third-order valence-electron chi connectivity index (χ3n) is 4.17. The molecule has 0 spiro atoms. The Morgan fingerprint density at radius 2 is 1.71 bits per heavy atom. The van der Waals surface area contributed by atoms with E-state index in [0.29, 0.717) is 16.0 Å². The molecule has 21 heavy (non-hydrogen) atoms. The minimum Gasteiger partial charge on any atom is -0.274 e. The molecule has 2 aromatic rings. The topological polar surface area (TPSA) is 17.8 Å². The Bertz CT molecular complexity index is 658. The van der Waals surface area contributed by atoms with Gasteiger partial charge in [-0.25, -0.2) is 0 Å². The van der Waals surface area contributed by atoms with Crippen LogP contribution in [0.5, 0.6) is 0 Å². The number of aryl methyl sites for hydroxylation is 1. The summed E-state index contributed by atoms with van der Waals surface area (Å²) in [6, 6.07) is 3.91. The maximum absolute atomic E-state index is 6.42. The molecule has 1 aliphatic carbocycles. The molecule has 0 saturated heterocycles. The first-order valence-electron chi connectivity index (χ1n) is 7.24. The molecule has 0 atom stereocenters. The van der Waals surface area contributed by atoms with Crippen LogP contribution in [0.2, 0.25) is 15.1 Å². The number of benzene rings is 1. The third kappa shape index (κ3) is 3.08. The molecule has 0 amide bonds. The Morgan fingerprint density at radius 3 is 2.33 bits per heavy atom. The second kappa shape index (κ2) is 6.20. The molecule has 0 N–H and O–H groups in total. The summed E-state index contributed by atoms with van der Waals surface area (Å²) < 4.78 is 1.70. The van der Waals surface area contributed by atoms with E-state index in [1.807, 2.05) is 13.1 Å². The van der Waals surface area contributed by atoms with E-state index in [0.717, 1.165) is 16.3 Å². The molecule has 0 radical (unpaired) electrons. The van der Waals surface area contributed by atoms with Gasteiger partial charge in [0.1, 0.15) is 5.69 Å². The number of hydrogen-bond acceptors (Lipinski definition) is 1. The average Bonchev–Trinajstić information content (AvgIpc) is 2.79. The van der Waals surface area contributed by atoms with Crippen molar-refractivity contribution in [2.24, 2.45) is 7.05 Å². The first-order valence-corrected chi connectivity index (χ1v) is 8.38. The van der Waals surface area contributed by atoms with Gasteiger partial charge in [-0.2, -0.15) is 5.10 Å². The molecule has 1 saturated carbocycles. The van der Waals surface area contributed by atoms with Crippen LogP contribution in [0.4, 0.5) is 0 Å².